The molecule has 0 amide bonds. The van der Waals surface area contributed by atoms with E-state index in [1.54, 1.807) is 0 Å². The monoisotopic (exact) mass is 326 g/mol. The summed E-state index contributed by atoms with van der Waals surface area (Å²) in [6.45, 7) is 8.47. The van der Waals surface area contributed by atoms with Gasteiger partial charge in [-0.25, -0.2) is 0 Å². The standard InChI is InChI=1S/C21H26O3/c1-12-11-15(20(24)18-16(22)8-5-9-17(18)23)13(2)19-14(12)7-6-10-21(19,3)4/h11,18H,5-10H2,1-4H3. The van der Waals surface area contributed by atoms with Crippen LogP contribution in [0.5, 0.6) is 0 Å². The van der Waals surface area contributed by atoms with Gasteiger partial charge in [0.05, 0.1) is 0 Å². The van der Waals surface area contributed by atoms with E-state index < -0.39 is 5.92 Å². The van der Waals surface area contributed by atoms with Crippen molar-refractivity contribution in [3.05, 3.63) is 33.9 Å². The molecule has 3 rings (SSSR count). The number of aryl methyl sites for hydroxylation is 1. The molecule has 0 spiro atoms. The highest BCUT2D eigenvalue weighted by molar-refractivity contribution is 6.25. The SMILES string of the molecule is Cc1cc(C(=O)C2C(=O)CCCC2=O)c(C)c2c1CCCC2(C)C. The van der Waals surface area contributed by atoms with Crippen molar-refractivity contribution in [2.24, 2.45) is 5.92 Å². The van der Waals surface area contributed by atoms with Crippen molar-refractivity contribution in [3.63, 3.8) is 0 Å². The van der Waals surface area contributed by atoms with Crippen LogP contribution < -0.4 is 0 Å². The number of ketones is 3. The minimum Gasteiger partial charge on any atom is -0.298 e. The Hall–Kier alpha value is -1.77. The molecule has 0 atom stereocenters. The van der Waals surface area contributed by atoms with E-state index >= 15 is 0 Å². The highest BCUT2D eigenvalue weighted by atomic mass is 16.2. The molecule has 1 aromatic rings. The molecule has 0 radical (unpaired) electrons. The normalized spacial score (nSPS) is 20.8. The number of Topliss-reactive ketones (excluding diaryl/α,β-unsaturated/α-hetero) is 3. The van der Waals surface area contributed by atoms with Gasteiger partial charge >= 0.3 is 0 Å². The van der Waals surface area contributed by atoms with E-state index in [-0.39, 0.29) is 22.8 Å². The smallest absolute Gasteiger partial charge is 0.181 e. The summed E-state index contributed by atoms with van der Waals surface area (Å²) in [6, 6.07) is 1.91. The maximum atomic E-state index is 13.0. The van der Waals surface area contributed by atoms with Gasteiger partial charge in [0, 0.05) is 18.4 Å². The van der Waals surface area contributed by atoms with Crippen LogP contribution in [-0.2, 0) is 21.4 Å². The summed E-state index contributed by atoms with van der Waals surface area (Å²) < 4.78 is 0. The van der Waals surface area contributed by atoms with Gasteiger partial charge in [-0.3, -0.25) is 14.4 Å². The summed E-state index contributed by atoms with van der Waals surface area (Å²) in [5, 5.41) is 0. The van der Waals surface area contributed by atoms with E-state index in [2.05, 4.69) is 13.8 Å². The van der Waals surface area contributed by atoms with E-state index in [4.69, 9.17) is 0 Å². The van der Waals surface area contributed by atoms with E-state index in [0.717, 1.165) is 30.4 Å². The maximum absolute atomic E-state index is 13.0. The molecule has 128 valence electrons. The first kappa shape index (κ1) is 17.1. The van der Waals surface area contributed by atoms with Crippen LogP contribution in [-0.4, -0.2) is 17.3 Å². The van der Waals surface area contributed by atoms with Gasteiger partial charge in [-0.2, -0.15) is 0 Å². The molecule has 0 saturated heterocycles. The summed E-state index contributed by atoms with van der Waals surface area (Å²) in [7, 11) is 0. The molecule has 0 heterocycles. The van der Waals surface area contributed by atoms with E-state index in [9.17, 15) is 14.4 Å². The average Bonchev–Trinajstić information content (AvgIpc) is 2.49. The van der Waals surface area contributed by atoms with E-state index in [1.807, 2.05) is 19.9 Å². The molecule has 1 aromatic carbocycles. The van der Waals surface area contributed by atoms with Crippen molar-refractivity contribution in [1.82, 2.24) is 0 Å². The number of fused-ring (bicyclic) bond motifs is 1. The third kappa shape index (κ3) is 2.64. The Morgan fingerprint density at radius 1 is 1.04 bits per heavy atom. The van der Waals surface area contributed by atoms with Crippen molar-refractivity contribution in [2.75, 3.05) is 0 Å². The molecule has 0 aliphatic heterocycles. The molecule has 2 aliphatic carbocycles. The number of carbonyl (C=O) groups is 3. The second-order valence-electron chi connectivity index (χ2n) is 8.04. The summed E-state index contributed by atoms with van der Waals surface area (Å²) in [4.78, 5) is 37.4. The molecule has 1 saturated carbocycles. The third-order valence-electron chi connectivity index (χ3n) is 5.84. The van der Waals surface area contributed by atoms with Gasteiger partial charge in [0.1, 0.15) is 5.92 Å². The highest BCUT2D eigenvalue weighted by Crippen LogP contribution is 2.41. The second-order valence-corrected chi connectivity index (χ2v) is 8.04. The minimum atomic E-state index is -1.07. The molecular formula is C21H26O3. The van der Waals surface area contributed by atoms with Crippen molar-refractivity contribution in [3.8, 4) is 0 Å². The molecule has 3 heteroatoms. The number of hydrogen-bond acceptors (Lipinski definition) is 3. The van der Waals surface area contributed by atoms with Crippen LogP contribution in [0.25, 0.3) is 0 Å². The molecule has 24 heavy (non-hydrogen) atoms. The second kappa shape index (κ2) is 5.94. The molecular weight excluding hydrogens is 300 g/mol. The zero-order valence-corrected chi connectivity index (χ0v) is 15.1. The lowest BCUT2D eigenvalue weighted by Crippen LogP contribution is -2.36. The van der Waals surface area contributed by atoms with Crippen LogP contribution in [0.2, 0.25) is 0 Å². The number of rotatable bonds is 2. The molecule has 2 aliphatic rings. The fraction of sp³-hybridized carbons (Fsp3) is 0.571. The third-order valence-corrected chi connectivity index (χ3v) is 5.84. The Kier molecular flexibility index (Phi) is 4.23. The highest BCUT2D eigenvalue weighted by Gasteiger charge is 2.39. The van der Waals surface area contributed by atoms with Gasteiger partial charge in [0.2, 0.25) is 0 Å². The van der Waals surface area contributed by atoms with Crippen LogP contribution in [0.3, 0.4) is 0 Å². The van der Waals surface area contributed by atoms with Crippen molar-refractivity contribution in [2.45, 2.75) is 71.6 Å². The molecule has 0 N–H and O–H groups in total. The van der Waals surface area contributed by atoms with Crippen LogP contribution in [0, 0.1) is 19.8 Å². The Balaban J connectivity index is 2.12. The Morgan fingerprint density at radius 2 is 1.67 bits per heavy atom. The fourth-order valence-electron chi connectivity index (χ4n) is 4.65. The zero-order valence-electron chi connectivity index (χ0n) is 15.1. The first-order valence-corrected chi connectivity index (χ1v) is 8.97. The predicted octanol–water partition coefficient (Wildman–Crippen LogP) is 4.04. The van der Waals surface area contributed by atoms with Gasteiger partial charge in [-0.05, 0) is 73.3 Å². The fourth-order valence-corrected chi connectivity index (χ4v) is 4.65. The van der Waals surface area contributed by atoms with E-state index in [1.165, 1.54) is 11.1 Å². The van der Waals surface area contributed by atoms with Gasteiger partial charge in [-0.1, -0.05) is 13.8 Å². The van der Waals surface area contributed by atoms with Crippen molar-refractivity contribution in [1.29, 1.82) is 0 Å². The number of hydrogen-bond donors (Lipinski definition) is 0. The summed E-state index contributed by atoms with van der Waals surface area (Å²) >= 11 is 0. The molecule has 0 bridgehead atoms. The lowest BCUT2D eigenvalue weighted by atomic mass is 9.68. The zero-order chi connectivity index (χ0) is 17.6. The van der Waals surface area contributed by atoms with Gasteiger partial charge in [0.15, 0.2) is 17.3 Å². The van der Waals surface area contributed by atoms with Crippen LogP contribution in [0.4, 0.5) is 0 Å². The van der Waals surface area contributed by atoms with Crippen LogP contribution in [0.1, 0.15) is 78.6 Å². The predicted molar refractivity (Wildman–Crippen MR) is 93.6 cm³/mol. The lowest BCUT2D eigenvalue weighted by molar-refractivity contribution is -0.133. The quantitative estimate of drug-likeness (QED) is 0.609. The first-order chi connectivity index (χ1) is 11.2. The van der Waals surface area contributed by atoms with Gasteiger partial charge in [0.25, 0.3) is 0 Å². The number of benzene rings is 1. The first-order valence-electron chi connectivity index (χ1n) is 8.97. The van der Waals surface area contributed by atoms with Crippen molar-refractivity contribution < 1.29 is 14.4 Å². The lowest BCUT2D eigenvalue weighted by Gasteiger charge is -2.36. The Labute approximate surface area is 143 Å². The Bertz CT molecular complexity index is 724. The molecule has 0 aromatic heterocycles. The summed E-state index contributed by atoms with van der Waals surface area (Å²) in [5.41, 5.74) is 5.29. The van der Waals surface area contributed by atoms with Gasteiger partial charge in [-0.15, -0.1) is 0 Å². The Morgan fingerprint density at radius 3 is 2.29 bits per heavy atom. The van der Waals surface area contributed by atoms with E-state index in [0.29, 0.717) is 24.8 Å². The van der Waals surface area contributed by atoms with Crippen molar-refractivity contribution >= 4 is 17.3 Å². The van der Waals surface area contributed by atoms with Crippen LogP contribution in [0.15, 0.2) is 6.07 Å². The molecule has 0 unspecified atom stereocenters. The minimum absolute atomic E-state index is 0.0271. The summed E-state index contributed by atoms with van der Waals surface area (Å²) in [5.74, 6) is -1.76. The largest absolute Gasteiger partial charge is 0.298 e. The summed E-state index contributed by atoms with van der Waals surface area (Å²) in [6.07, 6.45) is 4.57. The maximum Gasteiger partial charge on any atom is 0.181 e. The topological polar surface area (TPSA) is 51.2 Å². The average molecular weight is 326 g/mol. The van der Waals surface area contributed by atoms with Gasteiger partial charge < -0.3 is 0 Å². The van der Waals surface area contributed by atoms with Crippen LogP contribution >= 0.6 is 0 Å². The number of carbonyl (C=O) groups excluding carboxylic acids is 3. The molecule has 1 fully saturated rings. The molecule has 3 nitrogen and oxygen atoms in total.